The molecule has 2 N–H and O–H groups in total. The highest BCUT2D eigenvalue weighted by Crippen LogP contribution is 2.31. The molecule has 3 aromatic rings. The van der Waals surface area contributed by atoms with Crippen molar-refractivity contribution in [1.29, 1.82) is 0 Å². The molecular formula is C28H31N3O5S. The van der Waals surface area contributed by atoms with Crippen LogP contribution in [0.1, 0.15) is 40.9 Å². The van der Waals surface area contributed by atoms with Crippen LogP contribution in [0.25, 0.3) is 0 Å². The van der Waals surface area contributed by atoms with Crippen LogP contribution in [0.15, 0.2) is 71.6 Å². The number of sulfonamides is 1. The number of hydrogen-bond donors (Lipinski definition) is 2. The molecule has 194 valence electrons. The zero-order valence-corrected chi connectivity index (χ0v) is 22.0. The Morgan fingerprint density at radius 2 is 1.81 bits per heavy atom. The smallest absolute Gasteiger partial charge is 0.411 e. The topological polar surface area (TPSA) is 105 Å². The molecule has 0 aliphatic carbocycles. The summed E-state index contributed by atoms with van der Waals surface area (Å²) in [6, 6.07) is 19.4. The molecule has 0 atom stereocenters. The number of fused-ring (bicyclic) bond motifs is 1. The van der Waals surface area contributed by atoms with Crippen molar-refractivity contribution in [3.8, 4) is 0 Å². The highest BCUT2D eigenvalue weighted by Gasteiger charge is 2.24. The SMILES string of the molecule is Cc1ccccc1S(=O)(=O)NC(=O)c1ccc2c(c1)CCN2Cc1cccc(NC(=O)OCC(C)C)c1. The van der Waals surface area contributed by atoms with Gasteiger partial charge in [0.05, 0.1) is 11.5 Å². The summed E-state index contributed by atoms with van der Waals surface area (Å²) in [4.78, 5) is 27.0. The lowest BCUT2D eigenvalue weighted by Gasteiger charge is -2.20. The zero-order chi connectivity index (χ0) is 26.6. The fraction of sp³-hybridized carbons (Fsp3) is 0.286. The van der Waals surface area contributed by atoms with E-state index in [1.165, 1.54) is 6.07 Å². The fourth-order valence-electron chi connectivity index (χ4n) is 4.23. The molecule has 0 unspecified atom stereocenters. The molecule has 0 spiro atoms. The van der Waals surface area contributed by atoms with Gasteiger partial charge in [0.15, 0.2) is 0 Å². The maximum Gasteiger partial charge on any atom is 0.411 e. The van der Waals surface area contributed by atoms with Crippen LogP contribution < -0.4 is 14.9 Å². The minimum absolute atomic E-state index is 0.0839. The average molecular weight is 522 g/mol. The highest BCUT2D eigenvalue weighted by atomic mass is 32.2. The monoisotopic (exact) mass is 521 g/mol. The lowest BCUT2D eigenvalue weighted by Crippen LogP contribution is -2.31. The van der Waals surface area contributed by atoms with Crippen LogP contribution in [0.3, 0.4) is 0 Å². The Balaban J connectivity index is 1.42. The number of amides is 2. The molecule has 0 aromatic heterocycles. The first-order valence-corrected chi connectivity index (χ1v) is 13.6. The molecule has 2 amide bonds. The summed E-state index contributed by atoms with van der Waals surface area (Å²) in [5, 5.41) is 2.76. The number of anilines is 2. The molecule has 0 saturated carbocycles. The summed E-state index contributed by atoms with van der Waals surface area (Å²) in [5.41, 5.74) is 4.51. The quantitative estimate of drug-likeness (QED) is 0.438. The summed E-state index contributed by atoms with van der Waals surface area (Å²) in [6.45, 7) is 7.38. The number of carbonyl (C=O) groups excluding carboxylic acids is 2. The number of nitrogens with one attached hydrogen (secondary N) is 2. The van der Waals surface area contributed by atoms with E-state index in [0.29, 0.717) is 30.0 Å². The van der Waals surface area contributed by atoms with Crippen molar-refractivity contribution in [2.75, 3.05) is 23.4 Å². The zero-order valence-electron chi connectivity index (χ0n) is 21.2. The van der Waals surface area contributed by atoms with Gasteiger partial charge in [-0.3, -0.25) is 10.1 Å². The second kappa shape index (κ2) is 11.0. The van der Waals surface area contributed by atoms with Gasteiger partial charge in [0, 0.05) is 30.0 Å². The summed E-state index contributed by atoms with van der Waals surface area (Å²) < 4.78 is 32.8. The van der Waals surface area contributed by atoms with E-state index in [2.05, 4.69) is 14.9 Å². The summed E-state index contributed by atoms with van der Waals surface area (Å²) >= 11 is 0. The first kappa shape index (κ1) is 26.2. The van der Waals surface area contributed by atoms with Crippen LogP contribution in [-0.4, -0.2) is 33.6 Å². The second-order valence-corrected chi connectivity index (χ2v) is 11.2. The van der Waals surface area contributed by atoms with E-state index in [4.69, 9.17) is 4.74 Å². The number of benzene rings is 3. The van der Waals surface area contributed by atoms with Crippen molar-refractivity contribution in [2.24, 2.45) is 5.92 Å². The molecule has 0 bridgehead atoms. The van der Waals surface area contributed by atoms with Gasteiger partial charge in [-0.1, -0.05) is 44.2 Å². The van der Waals surface area contributed by atoms with Crippen LogP contribution in [0, 0.1) is 12.8 Å². The third-order valence-electron chi connectivity index (χ3n) is 6.04. The number of hydrogen-bond acceptors (Lipinski definition) is 6. The van der Waals surface area contributed by atoms with Gasteiger partial charge in [-0.2, -0.15) is 0 Å². The van der Waals surface area contributed by atoms with Gasteiger partial charge in [-0.15, -0.1) is 0 Å². The molecule has 1 aliphatic rings. The van der Waals surface area contributed by atoms with E-state index in [1.54, 1.807) is 37.3 Å². The third kappa shape index (κ3) is 6.48. The van der Waals surface area contributed by atoms with Gasteiger partial charge in [-0.05, 0) is 72.4 Å². The van der Waals surface area contributed by atoms with E-state index < -0.39 is 22.0 Å². The fourth-order valence-corrected chi connectivity index (χ4v) is 5.46. The van der Waals surface area contributed by atoms with Crippen LogP contribution in [0.4, 0.5) is 16.2 Å². The van der Waals surface area contributed by atoms with Gasteiger partial charge in [0.2, 0.25) is 0 Å². The van der Waals surface area contributed by atoms with Gasteiger partial charge in [0.25, 0.3) is 15.9 Å². The molecular weight excluding hydrogens is 490 g/mol. The van der Waals surface area contributed by atoms with Crippen LogP contribution in [-0.2, 0) is 27.7 Å². The lowest BCUT2D eigenvalue weighted by molar-refractivity contribution is 0.0981. The second-order valence-electron chi connectivity index (χ2n) is 9.53. The summed E-state index contributed by atoms with van der Waals surface area (Å²) in [7, 11) is -3.97. The third-order valence-corrected chi connectivity index (χ3v) is 7.53. The summed E-state index contributed by atoms with van der Waals surface area (Å²) in [5.74, 6) is -0.399. The van der Waals surface area contributed by atoms with E-state index >= 15 is 0 Å². The average Bonchev–Trinajstić information content (AvgIpc) is 3.24. The van der Waals surface area contributed by atoms with E-state index in [-0.39, 0.29) is 10.8 Å². The Bertz CT molecular complexity index is 1420. The molecule has 0 fully saturated rings. The Morgan fingerprint density at radius 3 is 2.57 bits per heavy atom. The number of carbonyl (C=O) groups is 2. The first-order valence-electron chi connectivity index (χ1n) is 12.2. The predicted molar refractivity (Wildman–Crippen MR) is 143 cm³/mol. The Hall–Kier alpha value is -3.85. The molecule has 9 heteroatoms. The molecule has 1 heterocycles. The van der Waals surface area contributed by atoms with Crippen LogP contribution in [0.2, 0.25) is 0 Å². The standard InChI is InChI=1S/C28H31N3O5S/c1-19(2)18-36-28(33)29-24-9-6-8-21(15-24)17-31-14-13-22-16-23(11-12-25(22)31)27(32)30-37(34,35)26-10-5-4-7-20(26)3/h4-12,15-16,19H,13-14,17-18H2,1-3H3,(H,29,33)(H,30,32). The number of nitrogens with zero attached hydrogens (tertiary/aromatic N) is 1. The van der Waals surface area contributed by atoms with E-state index in [1.807, 2.05) is 44.2 Å². The van der Waals surface area contributed by atoms with Crippen LogP contribution >= 0.6 is 0 Å². The number of rotatable bonds is 8. The van der Waals surface area contributed by atoms with Crippen molar-refractivity contribution in [3.63, 3.8) is 0 Å². The molecule has 0 radical (unpaired) electrons. The van der Waals surface area contributed by atoms with Crippen molar-refractivity contribution >= 4 is 33.4 Å². The summed E-state index contributed by atoms with van der Waals surface area (Å²) in [6.07, 6.45) is 0.258. The van der Waals surface area contributed by atoms with E-state index in [9.17, 15) is 18.0 Å². The lowest BCUT2D eigenvalue weighted by atomic mass is 10.1. The normalized spacial score (nSPS) is 12.8. The van der Waals surface area contributed by atoms with Crippen molar-refractivity contribution in [1.82, 2.24) is 4.72 Å². The molecule has 4 rings (SSSR count). The van der Waals surface area contributed by atoms with Gasteiger partial charge in [0.1, 0.15) is 0 Å². The number of aryl methyl sites for hydroxylation is 1. The molecule has 8 nitrogen and oxygen atoms in total. The Labute approximate surface area is 217 Å². The van der Waals surface area contributed by atoms with Crippen molar-refractivity contribution < 1.29 is 22.7 Å². The maximum absolute atomic E-state index is 12.8. The molecule has 0 saturated heterocycles. The molecule has 3 aromatic carbocycles. The van der Waals surface area contributed by atoms with Gasteiger partial charge < -0.3 is 9.64 Å². The maximum atomic E-state index is 12.8. The van der Waals surface area contributed by atoms with E-state index in [0.717, 1.165) is 29.8 Å². The highest BCUT2D eigenvalue weighted by molar-refractivity contribution is 7.90. The van der Waals surface area contributed by atoms with Gasteiger partial charge in [-0.25, -0.2) is 17.9 Å². The Kier molecular flexibility index (Phi) is 7.83. The molecule has 37 heavy (non-hydrogen) atoms. The van der Waals surface area contributed by atoms with Crippen LogP contribution in [0.5, 0.6) is 0 Å². The minimum atomic E-state index is -3.97. The molecule has 1 aliphatic heterocycles. The number of ether oxygens (including phenoxy) is 1. The first-order chi connectivity index (χ1) is 17.6. The Morgan fingerprint density at radius 1 is 1.03 bits per heavy atom. The van der Waals surface area contributed by atoms with Crippen molar-refractivity contribution in [3.05, 3.63) is 89.0 Å². The van der Waals surface area contributed by atoms with Crippen molar-refractivity contribution in [2.45, 2.75) is 38.6 Å². The largest absolute Gasteiger partial charge is 0.449 e. The predicted octanol–water partition coefficient (Wildman–Crippen LogP) is 4.88. The van der Waals surface area contributed by atoms with Gasteiger partial charge >= 0.3 is 6.09 Å². The minimum Gasteiger partial charge on any atom is -0.449 e.